The predicted octanol–water partition coefficient (Wildman–Crippen LogP) is 3.51. The molecule has 1 unspecified atom stereocenters. The zero-order chi connectivity index (χ0) is 14.5. The van der Waals surface area contributed by atoms with E-state index in [-0.39, 0.29) is 11.2 Å². The molecule has 1 atom stereocenters. The number of carbonyl (C=O) groups excluding carboxylic acids is 1. The van der Waals surface area contributed by atoms with Gasteiger partial charge in [-0.05, 0) is 50.5 Å². The number of hydrogen-bond acceptors (Lipinski definition) is 3. The summed E-state index contributed by atoms with van der Waals surface area (Å²) in [6.07, 6.45) is 6.04. The molecule has 0 spiro atoms. The van der Waals surface area contributed by atoms with Crippen molar-refractivity contribution in [1.29, 1.82) is 0 Å². The zero-order valence-corrected chi connectivity index (χ0v) is 13.1. The first kappa shape index (κ1) is 15.2. The van der Waals surface area contributed by atoms with Gasteiger partial charge in [0.15, 0.2) is 0 Å². The molecule has 0 bridgehead atoms. The van der Waals surface area contributed by atoms with E-state index in [4.69, 9.17) is 5.73 Å². The number of carbonyl (C=O) groups is 1. The highest BCUT2D eigenvalue weighted by molar-refractivity contribution is 8.00. The highest BCUT2D eigenvalue weighted by atomic mass is 32.2. The second-order valence-corrected chi connectivity index (χ2v) is 7.04. The number of nitrogen functional groups attached to an aromatic ring is 1. The summed E-state index contributed by atoms with van der Waals surface area (Å²) in [5.41, 5.74) is 7.68. The van der Waals surface area contributed by atoms with Gasteiger partial charge in [-0.2, -0.15) is 0 Å². The van der Waals surface area contributed by atoms with E-state index in [1.165, 1.54) is 19.3 Å². The van der Waals surface area contributed by atoms with Gasteiger partial charge < -0.3 is 11.1 Å². The molecule has 0 heterocycles. The van der Waals surface area contributed by atoms with E-state index in [2.05, 4.69) is 5.32 Å². The van der Waals surface area contributed by atoms with Crippen molar-refractivity contribution in [2.45, 2.75) is 62.1 Å². The van der Waals surface area contributed by atoms with Gasteiger partial charge in [0.25, 0.3) is 0 Å². The lowest BCUT2D eigenvalue weighted by Crippen LogP contribution is -2.40. The van der Waals surface area contributed by atoms with Gasteiger partial charge in [0.2, 0.25) is 5.91 Å². The lowest BCUT2D eigenvalue weighted by Gasteiger charge is -2.24. The van der Waals surface area contributed by atoms with E-state index < -0.39 is 0 Å². The third-order valence-corrected chi connectivity index (χ3v) is 4.97. The quantitative estimate of drug-likeness (QED) is 0.659. The molecule has 3 N–H and O–H groups in total. The summed E-state index contributed by atoms with van der Waals surface area (Å²) in [7, 11) is 0. The monoisotopic (exact) mass is 292 g/mol. The highest BCUT2D eigenvalue weighted by Crippen LogP contribution is 2.27. The molecule has 20 heavy (non-hydrogen) atoms. The molecule has 1 aliphatic rings. The van der Waals surface area contributed by atoms with Crippen LogP contribution in [-0.2, 0) is 4.79 Å². The minimum absolute atomic E-state index is 0.0695. The van der Waals surface area contributed by atoms with Crippen molar-refractivity contribution in [1.82, 2.24) is 5.32 Å². The van der Waals surface area contributed by atoms with Gasteiger partial charge >= 0.3 is 0 Å². The van der Waals surface area contributed by atoms with Crippen molar-refractivity contribution in [3.63, 3.8) is 0 Å². The Morgan fingerprint density at radius 1 is 1.35 bits per heavy atom. The normalized spacial score (nSPS) is 17.7. The molecule has 3 nitrogen and oxygen atoms in total. The van der Waals surface area contributed by atoms with E-state index in [9.17, 15) is 4.79 Å². The maximum absolute atomic E-state index is 12.2. The minimum Gasteiger partial charge on any atom is -0.399 e. The minimum atomic E-state index is -0.0695. The molecular formula is C16H24N2OS. The largest absolute Gasteiger partial charge is 0.399 e. The van der Waals surface area contributed by atoms with E-state index >= 15 is 0 Å². The molecular weight excluding hydrogens is 268 g/mol. The van der Waals surface area contributed by atoms with Crippen LogP contribution in [0.5, 0.6) is 0 Å². The number of amides is 1. The van der Waals surface area contributed by atoms with Crippen LogP contribution in [0.3, 0.4) is 0 Å². The molecule has 1 fully saturated rings. The molecule has 0 aromatic heterocycles. The SMILES string of the molecule is Cc1cc(SC(C)C(=O)NC2CCCCC2)ccc1N. The van der Waals surface area contributed by atoms with Gasteiger partial charge in [-0.1, -0.05) is 19.3 Å². The van der Waals surface area contributed by atoms with E-state index in [1.54, 1.807) is 11.8 Å². The molecule has 1 aromatic carbocycles. The number of rotatable bonds is 4. The van der Waals surface area contributed by atoms with Crippen LogP contribution in [0.4, 0.5) is 5.69 Å². The van der Waals surface area contributed by atoms with Gasteiger partial charge in [-0.25, -0.2) is 0 Å². The zero-order valence-electron chi connectivity index (χ0n) is 12.3. The highest BCUT2D eigenvalue weighted by Gasteiger charge is 2.20. The first-order chi connectivity index (χ1) is 9.56. The standard InChI is InChI=1S/C16H24N2OS/c1-11-10-14(8-9-15(11)17)20-12(2)16(19)18-13-6-4-3-5-7-13/h8-10,12-13H,3-7,17H2,1-2H3,(H,18,19). The van der Waals surface area contributed by atoms with Crippen LogP contribution >= 0.6 is 11.8 Å². The number of aryl methyl sites for hydroxylation is 1. The first-order valence-corrected chi connectivity index (χ1v) is 8.27. The molecule has 0 radical (unpaired) electrons. The van der Waals surface area contributed by atoms with Crippen molar-refractivity contribution in [2.75, 3.05) is 5.73 Å². The number of thioether (sulfide) groups is 1. The Kier molecular flexibility index (Phi) is 5.35. The Bertz CT molecular complexity index is 470. The molecule has 0 saturated heterocycles. The van der Waals surface area contributed by atoms with Crippen molar-refractivity contribution in [2.24, 2.45) is 0 Å². The number of benzene rings is 1. The van der Waals surface area contributed by atoms with Gasteiger partial charge in [0.05, 0.1) is 5.25 Å². The van der Waals surface area contributed by atoms with Crippen molar-refractivity contribution in [3.05, 3.63) is 23.8 Å². The third-order valence-electron chi connectivity index (χ3n) is 3.87. The fourth-order valence-corrected chi connectivity index (χ4v) is 3.52. The summed E-state index contributed by atoms with van der Waals surface area (Å²) in [4.78, 5) is 13.3. The Morgan fingerprint density at radius 3 is 2.70 bits per heavy atom. The van der Waals surface area contributed by atoms with Crippen molar-refractivity contribution >= 4 is 23.4 Å². The molecule has 2 rings (SSSR count). The van der Waals surface area contributed by atoms with Crippen LogP contribution in [0.15, 0.2) is 23.1 Å². The summed E-state index contributed by atoms with van der Waals surface area (Å²) in [5, 5.41) is 3.11. The third kappa shape index (κ3) is 4.17. The molecule has 1 amide bonds. The van der Waals surface area contributed by atoms with Crippen LogP contribution < -0.4 is 11.1 Å². The van der Waals surface area contributed by atoms with Crippen LogP contribution in [0.1, 0.15) is 44.6 Å². The molecule has 0 aliphatic heterocycles. The van der Waals surface area contributed by atoms with E-state index in [0.717, 1.165) is 29.0 Å². The lowest BCUT2D eigenvalue weighted by molar-refractivity contribution is -0.121. The second-order valence-electron chi connectivity index (χ2n) is 5.62. The van der Waals surface area contributed by atoms with Crippen LogP contribution in [0.2, 0.25) is 0 Å². The summed E-state index contributed by atoms with van der Waals surface area (Å²) < 4.78 is 0. The van der Waals surface area contributed by atoms with Crippen molar-refractivity contribution < 1.29 is 4.79 Å². The molecule has 1 saturated carbocycles. The lowest BCUT2D eigenvalue weighted by atomic mass is 9.95. The summed E-state index contributed by atoms with van der Waals surface area (Å²) in [6, 6.07) is 6.32. The number of nitrogens with two attached hydrogens (primary N) is 1. The van der Waals surface area contributed by atoms with E-state index in [0.29, 0.717) is 6.04 Å². The molecule has 1 aromatic rings. The smallest absolute Gasteiger partial charge is 0.233 e. The maximum atomic E-state index is 12.2. The van der Waals surface area contributed by atoms with Crippen LogP contribution in [0, 0.1) is 6.92 Å². The Balaban J connectivity index is 1.88. The van der Waals surface area contributed by atoms with Gasteiger partial charge in [0, 0.05) is 16.6 Å². The van der Waals surface area contributed by atoms with Crippen LogP contribution in [0.25, 0.3) is 0 Å². The molecule has 1 aliphatic carbocycles. The molecule has 4 heteroatoms. The summed E-state index contributed by atoms with van der Waals surface area (Å²) >= 11 is 1.60. The van der Waals surface area contributed by atoms with Crippen molar-refractivity contribution in [3.8, 4) is 0 Å². The fraction of sp³-hybridized carbons (Fsp3) is 0.562. The Morgan fingerprint density at radius 2 is 2.05 bits per heavy atom. The van der Waals surface area contributed by atoms with Crippen LogP contribution in [-0.4, -0.2) is 17.2 Å². The predicted molar refractivity (Wildman–Crippen MR) is 85.9 cm³/mol. The first-order valence-electron chi connectivity index (χ1n) is 7.39. The van der Waals surface area contributed by atoms with Gasteiger partial charge in [-0.3, -0.25) is 4.79 Å². The second kappa shape index (κ2) is 7.02. The van der Waals surface area contributed by atoms with Gasteiger partial charge in [0.1, 0.15) is 0 Å². The van der Waals surface area contributed by atoms with Gasteiger partial charge in [-0.15, -0.1) is 11.8 Å². The molecule has 110 valence electrons. The Hall–Kier alpha value is -1.16. The summed E-state index contributed by atoms with van der Waals surface area (Å²) in [6.45, 7) is 3.96. The topological polar surface area (TPSA) is 55.1 Å². The average molecular weight is 292 g/mol. The summed E-state index contributed by atoms with van der Waals surface area (Å²) in [5.74, 6) is 0.149. The maximum Gasteiger partial charge on any atom is 0.233 e. The number of hydrogen-bond donors (Lipinski definition) is 2. The fourth-order valence-electron chi connectivity index (χ4n) is 2.54. The Labute approximate surface area is 125 Å². The number of nitrogens with one attached hydrogen (secondary N) is 1. The van der Waals surface area contributed by atoms with E-state index in [1.807, 2.05) is 32.0 Å². The number of anilines is 1. The average Bonchev–Trinajstić information content (AvgIpc) is 2.44.